The highest BCUT2D eigenvalue weighted by molar-refractivity contribution is 6.29. The summed E-state index contributed by atoms with van der Waals surface area (Å²) in [6, 6.07) is 1.64. The first-order valence-corrected chi connectivity index (χ1v) is 6.53. The summed E-state index contributed by atoms with van der Waals surface area (Å²) in [6.45, 7) is 0.787. The summed E-state index contributed by atoms with van der Waals surface area (Å²) in [5.74, 6) is 1.97. The second-order valence-electron chi connectivity index (χ2n) is 4.99. The van der Waals surface area contributed by atoms with Gasteiger partial charge in [-0.3, -0.25) is 0 Å². The molecule has 0 radical (unpaired) electrons. The van der Waals surface area contributed by atoms with Gasteiger partial charge < -0.3 is 15.3 Å². The number of hydrogen-bond acceptors (Lipinski definition) is 5. The summed E-state index contributed by atoms with van der Waals surface area (Å²) in [4.78, 5) is 10.7. The number of nitrogens with one attached hydrogen (secondary N) is 1. The smallest absolute Gasteiger partial charge is 0.135 e. The minimum Gasteiger partial charge on any atom is -0.394 e. The van der Waals surface area contributed by atoms with Crippen molar-refractivity contribution in [2.75, 3.05) is 32.6 Å². The van der Waals surface area contributed by atoms with Crippen LogP contribution in [0.15, 0.2) is 6.07 Å². The molecule has 5 nitrogen and oxygen atoms in total. The molecule has 1 heterocycles. The van der Waals surface area contributed by atoms with Gasteiger partial charge in [-0.2, -0.15) is 0 Å². The first-order valence-electron chi connectivity index (χ1n) is 6.15. The van der Waals surface area contributed by atoms with Gasteiger partial charge in [0.2, 0.25) is 0 Å². The van der Waals surface area contributed by atoms with E-state index < -0.39 is 0 Å². The highest BCUT2D eigenvalue weighted by Gasteiger charge is 2.27. The number of hydrogen-bond donors (Lipinski definition) is 2. The summed E-state index contributed by atoms with van der Waals surface area (Å²) in [5, 5.41) is 13.0. The lowest BCUT2D eigenvalue weighted by molar-refractivity contribution is 0.245. The molecule has 1 saturated carbocycles. The molecule has 2 rings (SSSR count). The topological polar surface area (TPSA) is 61.3 Å². The molecule has 1 unspecified atom stereocenters. The van der Waals surface area contributed by atoms with Crippen molar-refractivity contribution in [2.45, 2.75) is 24.8 Å². The lowest BCUT2D eigenvalue weighted by Gasteiger charge is -2.21. The summed E-state index contributed by atoms with van der Waals surface area (Å²) in [6.07, 6.45) is 2.28. The van der Waals surface area contributed by atoms with E-state index in [9.17, 15) is 5.11 Å². The number of nitrogens with zero attached hydrogens (tertiary/aromatic N) is 3. The van der Waals surface area contributed by atoms with Crippen LogP contribution in [-0.4, -0.2) is 53.3 Å². The molecule has 0 bridgehead atoms. The molecule has 100 valence electrons. The van der Waals surface area contributed by atoms with Gasteiger partial charge in [0.1, 0.15) is 16.8 Å². The van der Waals surface area contributed by atoms with E-state index in [-0.39, 0.29) is 12.6 Å². The Morgan fingerprint density at radius 3 is 2.78 bits per heavy atom. The summed E-state index contributed by atoms with van der Waals surface area (Å²) < 4.78 is 0. The van der Waals surface area contributed by atoms with Gasteiger partial charge in [-0.15, -0.1) is 0 Å². The molecule has 2 N–H and O–H groups in total. The lowest BCUT2D eigenvalue weighted by Crippen LogP contribution is -2.35. The van der Waals surface area contributed by atoms with Gasteiger partial charge in [0, 0.05) is 18.5 Å². The quantitative estimate of drug-likeness (QED) is 0.764. The van der Waals surface area contributed by atoms with Gasteiger partial charge in [-0.25, -0.2) is 9.97 Å². The van der Waals surface area contributed by atoms with Gasteiger partial charge in [-0.05, 0) is 26.9 Å². The largest absolute Gasteiger partial charge is 0.394 e. The van der Waals surface area contributed by atoms with Crippen LogP contribution in [0.4, 0.5) is 5.82 Å². The van der Waals surface area contributed by atoms with E-state index in [1.165, 1.54) is 0 Å². The van der Waals surface area contributed by atoms with Crippen molar-refractivity contribution in [1.29, 1.82) is 0 Å². The Morgan fingerprint density at radius 2 is 2.22 bits per heavy atom. The Bertz CT molecular complexity index is 409. The minimum absolute atomic E-state index is 0.0541. The fourth-order valence-corrected chi connectivity index (χ4v) is 2.02. The summed E-state index contributed by atoms with van der Waals surface area (Å²) in [7, 11) is 3.93. The number of aliphatic hydroxyl groups excluding tert-OH is 1. The monoisotopic (exact) mass is 270 g/mol. The standard InChI is InChI=1S/C12H19ClN4O/c1-17(2)6-9(7-18)14-11-5-10(13)15-12(16-11)8-3-4-8/h5,8-9,18H,3-4,6-7H2,1-2H3,(H,14,15,16). The lowest BCUT2D eigenvalue weighted by atomic mass is 10.3. The molecule has 0 amide bonds. The van der Waals surface area contributed by atoms with Crippen LogP contribution in [0.5, 0.6) is 0 Å². The van der Waals surface area contributed by atoms with Crippen molar-refractivity contribution >= 4 is 17.4 Å². The third-order valence-electron chi connectivity index (χ3n) is 2.81. The van der Waals surface area contributed by atoms with Crippen molar-refractivity contribution in [3.8, 4) is 0 Å². The van der Waals surface area contributed by atoms with Crippen molar-refractivity contribution in [3.63, 3.8) is 0 Å². The van der Waals surface area contributed by atoms with Gasteiger partial charge in [-0.1, -0.05) is 11.6 Å². The number of likely N-dealkylation sites (N-methyl/N-ethyl adjacent to an activating group) is 1. The van der Waals surface area contributed by atoms with E-state index in [0.717, 1.165) is 25.2 Å². The molecule has 0 aromatic carbocycles. The molecule has 1 aliphatic carbocycles. The first kappa shape index (κ1) is 13.5. The number of halogens is 1. The Morgan fingerprint density at radius 1 is 1.50 bits per heavy atom. The molecule has 1 atom stereocenters. The third-order valence-corrected chi connectivity index (χ3v) is 3.01. The Hall–Kier alpha value is -0.910. The van der Waals surface area contributed by atoms with Gasteiger partial charge in [0.25, 0.3) is 0 Å². The predicted molar refractivity (Wildman–Crippen MR) is 72.1 cm³/mol. The zero-order valence-corrected chi connectivity index (χ0v) is 11.5. The maximum Gasteiger partial charge on any atom is 0.135 e. The molecule has 0 aliphatic heterocycles. The van der Waals surface area contributed by atoms with E-state index in [0.29, 0.717) is 16.9 Å². The molecule has 1 aliphatic rings. The molecule has 0 saturated heterocycles. The van der Waals surface area contributed by atoms with Crippen molar-refractivity contribution in [1.82, 2.24) is 14.9 Å². The van der Waals surface area contributed by atoms with Gasteiger partial charge >= 0.3 is 0 Å². The molecule has 1 aromatic rings. The van der Waals surface area contributed by atoms with Crippen LogP contribution in [0.1, 0.15) is 24.6 Å². The van der Waals surface area contributed by atoms with E-state index in [1.807, 2.05) is 19.0 Å². The van der Waals surface area contributed by atoms with Gasteiger partial charge in [0.15, 0.2) is 0 Å². The maximum atomic E-state index is 9.33. The van der Waals surface area contributed by atoms with E-state index >= 15 is 0 Å². The van der Waals surface area contributed by atoms with Crippen LogP contribution in [0.3, 0.4) is 0 Å². The normalized spacial score (nSPS) is 16.9. The molecule has 0 spiro atoms. The summed E-state index contributed by atoms with van der Waals surface area (Å²) >= 11 is 5.99. The fraction of sp³-hybridized carbons (Fsp3) is 0.667. The average molecular weight is 271 g/mol. The molecular weight excluding hydrogens is 252 g/mol. The van der Waals surface area contributed by atoms with Crippen LogP contribution in [0.2, 0.25) is 5.15 Å². The maximum absolute atomic E-state index is 9.33. The number of aromatic nitrogens is 2. The average Bonchev–Trinajstić information content (AvgIpc) is 3.10. The minimum atomic E-state index is -0.0574. The zero-order valence-electron chi connectivity index (χ0n) is 10.7. The molecule has 18 heavy (non-hydrogen) atoms. The van der Waals surface area contributed by atoms with E-state index in [1.54, 1.807) is 6.07 Å². The number of rotatable bonds is 6. The fourth-order valence-electron chi connectivity index (χ4n) is 1.83. The van der Waals surface area contributed by atoms with Crippen molar-refractivity contribution < 1.29 is 5.11 Å². The Kier molecular flexibility index (Phi) is 4.37. The Balaban J connectivity index is 2.07. The van der Waals surface area contributed by atoms with Crippen LogP contribution >= 0.6 is 11.6 Å². The van der Waals surface area contributed by atoms with Crippen LogP contribution < -0.4 is 5.32 Å². The van der Waals surface area contributed by atoms with Gasteiger partial charge in [0.05, 0.1) is 12.6 Å². The second-order valence-corrected chi connectivity index (χ2v) is 5.38. The Labute approximate surface area is 112 Å². The zero-order chi connectivity index (χ0) is 13.1. The third kappa shape index (κ3) is 3.80. The molecule has 1 aromatic heterocycles. The van der Waals surface area contributed by atoms with Crippen LogP contribution in [-0.2, 0) is 0 Å². The highest BCUT2D eigenvalue weighted by atomic mass is 35.5. The van der Waals surface area contributed by atoms with E-state index in [2.05, 4.69) is 15.3 Å². The SMILES string of the molecule is CN(C)CC(CO)Nc1cc(Cl)nc(C2CC2)n1. The number of aliphatic hydroxyl groups is 1. The van der Waals surface area contributed by atoms with E-state index in [4.69, 9.17) is 11.6 Å². The highest BCUT2D eigenvalue weighted by Crippen LogP contribution is 2.38. The first-order chi connectivity index (χ1) is 8.58. The van der Waals surface area contributed by atoms with Crippen LogP contribution in [0.25, 0.3) is 0 Å². The predicted octanol–water partition coefficient (Wildman–Crippen LogP) is 1.34. The second kappa shape index (κ2) is 5.82. The summed E-state index contributed by atoms with van der Waals surface area (Å²) in [5.41, 5.74) is 0. The van der Waals surface area contributed by atoms with Crippen molar-refractivity contribution in [2.24, 2.45) is 0 Å². The molecule has 6 heteroatoms. The molecular formula is C12H19ClN4O. The van der Waals surface area contributed by atoms with Crippen LogP contribution in [0, 0.1) is 0 Å². The van der Waals surface area contributed by atoms with Crippen molar-refractivity contribution in [3.05, 3.63) is 17.0 Å². The number of anilines is 1. The molecule has 1 fully saturated rings.